The molecule has 0 rings (SSSR count). The summed E-state index contributed by atoms with van der Waals surface area (Å²) in [6.07, 6.45) is 32.5. The van der Waals surface area contributed by atoms with Gasteiger partial charge < -0.3 is 30.3 Å². The van der Waals surface area contributed by atoms with E-state index in [1.54, 1.807) is 12.2 Å². The van der Waals surface area contributed by atoms with E-state index in [4.69, 9.17) is 24.8 Å². The Morgan fingerprint density at radius 2 is 1.23 bits per heavy atom. The van der Waals surface area contributed by atoms with Crippen LogP contribution in [-0.2, 0) is 37.5 Å². The van der Waals surface area contributed by atoms with Gasteiger partial charge in [0.05, 0.1) is 19.3 Å². The number of carbonyl (C=O) groups excluding carboxylic acids is 2. The number of carboxylic acids is 1. The topological polar surface area (TPSA) is 192 Å². The highest BCUT2D eigenvalue weighted by Crippen LogP contribution is 2.43. The Labute approximate surface area is 319 Å². The molecule has 308 valence electrons. The Kier molecular flexibility index (Phi) is 33.8. The molecule has 0 fully saturated rings. The van der Waals surface area contributed by atoms with E-state index in [0.717, 1.165) is 32.1 Å². The fourth-order valence-corrected chi connectivity index (χ4v) is 6.03. The molecule has 0 aliphatic carbocycles. The molecule has 0 saturated heterocycles. The van der Waals surface area contributed by atoms with Crippen LogP contribution in [0.5, 0.6) is 0 Å². The SMILES string of the molecule is CCCCCCCC/C=C/C/C=C/C=C/C(O)CCCC(=O)OC[C@H](COP(=O)(O)OC[C@H](N)C(=O)O)OC(=O)CCCCCCCCCCCCC. The van der Waals surface area contributed by atoms with Gasteiger partial charge in [-0.1, -0.05) is 147 Å². The van der Waals surface area contributed by atoms with Gasteiger partial charge in [0.1, 0.15) is 12.6 Å². The maximum atomic E-state index is 12.5. The first-order chi connectivity index (χ1) is 25.5. The Morgan fingerprint density at radius 1 is 0.679 bits per heavy atom. The van der Waals surface area contributed by atoms with Gasteiger partial charge in [0.25, 0.3) is 0 Å². The van der Waals surface area contributed by atoms with Crippen LogP contribution >= 0.6 is 7.82 Å². The van der Waals surface area contributed by atoms with Crippen molar-refractivity contribution < 1.29 is 52.6 Å². The molecule has 5 N–H and O–H groups in total. The maximum absolute atomic E-state index is 12.5. The quantitative estimate of drug-likeness (QED) is 0.0154. The lowest BCUT2D eigenvalue weighted by Crippen LogP contribution is -2.34. The summed E-state index contributed by atoms with van der Waals surface area (Å²) in [5.74, 6) is -2.60. The highest BCUT2D eigenvalue weighted by Gasteiger charge is 2.28. The van der Waals surface area contributed by atoms with E-state index in [1.807, 2.05) is 12.2 Å². The number of aliphatic hydroxyl groups is 1. The zero-order valence-corrected chi connectivity index (χ0v) is 33.6. The molecule has 2 unspecified atom stereocenters. The number of aliphatic carboxylic acids is 1. The second kappa shape index (κ2) is 35.4. The number of hydrogen-bond donors (Lipinski definition) is 4. The van der Waals surface area contributed by atoms with Crippen molar-refractivity contribution in [3.8, 4) is 0 Å². The van der Waals surface area contributed by atoms with Gasteiger partial charge in [-0.25, -0.2) is 4.57 Å². The summed E-state index contributed by atoms with van der Waals surface area (Å²) in [5, 5.41) is 19.1. The standard InChI is InChI=1S/C40H72NO11P/c1-3-5-7-9-11-13-15-16-18-19-21-23-25-28-35(42)29-27-31-38(43)49-32-36(33-50-53(47,48)51-34-37(41)40(45)46)52-39(44)30-26-24-22-20-17-14-12-10-8-6-4-2/h16,18,21,23,25,28,35-37,42H,3-15,17,19-20,22,24,26-27,29-34,41H2,1-2H3,(H,45,46)(H,47,48)/b18-16+,23-21+,28-25+/t35?,36-,37+/m1/s1. The van der Waals surface area contributed by atoms with Gasteiger partial charge in [-0.15, -0.1) is 0 Å². The van der Waals surface area contributed by atoms with Gasteiger partial charge >= 0.3 is 25.7 Å². The Morgan fingerprint density at radius 3 is 1.83 bits per heavy atom. The van der Waals surface area contributed by atoms with Crippen LogP contribution in [0.15, 0.2) is 36.5 Å². The third kappa shape index (κ3) is 35.1. The van der Waals surface area contributed by atoms with Gasteiger partial charge in [-0.2, -0.15) is 0 Å². The first-order valence-corrected chi connectivity index (χ1v) is 21.6. The zero-order valence-electron chi connectivity index (χ0n) is 32.7. The second-order valence-corrected chi connectivity index (χ2v) is 15.1. The fourth-order valence-electron chi connectivity index (χ4n) is 5.25. The van der Waals surface area contributed by atoms with E-state index in [1.165, 1.54) is 83.5 Å². The van der Waals surface area contributed by atoms with Crippen LogP contribution in [0, 0.1) is 0 Å². The predicted molar refractivity (Wildman–Crippen MR) is 209 cm³/mol. The van der Waals surface area contributed by atoms with Crippen LogP contribution in [0.1, 0.15) is 162 Å². The Balaban J connectivity index is 4.58. The van der Waals surface area contributed by atoms with Crippen molar-refractivity contribution in [2.75, 3.05) is 19.8 Å². The normalized spacial score (nSPS) is 14.8. The zero-order chi connectivity index (χ0) is 39.4. The molecule has 0 saturated carbocycles. The molecular weight excluding hydrogens is 701 g/mol. The van der Waals surface area contributed by atoms with Crippen molar-refractivity contribution in [1.29, 1.82) is 0 Å². The van der Waals surface area contributed by atoms with Crippen molar-refractivity contribution in [3.05, 3.63) is 36.5 Å². The summed E-state index contributed by atoms with van der Waals surface area (Å²) in [6, 6.07) is -1.54. The summed E-state index contributed by atoms with van der Waals surface area (Å²) in [7, 11) is -4.75. The molecule has 0 aromatic rings. The number of phosphoric ester groups is 1. The number of carbonyl (C=O) groups is 3. The lowest BCUT2D eigenvalue weighted by Gasteiger charge is -2.20. The first-order valence-electron chi connectivity index (χ1n) is 20.1. The van der Waals surface area contributed by atoms with Crippen LogP contribution in [0.3, 0.4) is 0 Å². The number of esters is 2. The number of allylic oxidation sites excluding steroid dienone is 5. The fraction of sp³-hybridized carbons (Fsp3) is 0.775. The van der Waals surface area contributed by atoms with Gasteiger partial charge in [-0.3, -0.25) is 23.4 Å². The van der Waals surface area contributed by atoms with Crippen molar-refractivity contribution in [3.63, 3.8) is 0 Å². The lowest BCUT2D eigenvalue weighted by molar-refractivity contribution is -0.161. The molecule has 0 radical (unpaired) electrons. The number of phosphoric acid groups is 1. The van der Waals surface area contributed by atoms with E-state index < -0.39 is 63.8 Å². The minimum absolute atomic E-state index is 0.000910. The monoisotopic (exact) mass is 773 g/mol. The van der Waals surface area contributed by atoms with Crippen LogP contribution in [0.2, 0.25) is 0 Å². The van der Waals surface area contributed by atoms with Crippen molar-refractivity contribution in [2.45, 2.75) is 180 Å². The second-order valence-electron chi connectivity index (χ2n) is 13.6. The number of hydrogen-bond acceptors (Lipinski definition) is 10. The number of ether oxygens (including phenoxy) is 2. The maximum Gasteiger partial charge on any atom is 0.472 e. The third-order valence-electron chi connectivity index (χ3n) is 8.50. The smallest absolute Gasteiger partial charge is 0.472 e. The van der Waals surface area contributed by atoms with E-state index in [2.05, 4.69) is 30.5 Å². The van der Waals surface area contributed by atoms with Crippen LogP contribution < -0.4 is 5.73 Å². The molecule has 0 aromatic heterocycles. The molecule has 0 spiro atoms. The highest BCUT2D eigenvalue weighted by atomic mass is 31.2. The third-order valence-corrected chi connectivity index (χ3v) is 9.45. The van der Waals surface area contributed by atoms with Crippen molar-refractivity contribution >= 4 is 25.7 Å². The van der Waals surface area contributed by atoms with E-state index >= 15 is 0 Å². The molecular formula is C40H72NO11P. The number of unbranched alkanes of at least 4 members (excludes halogenated alkanes) is 16. The predicted octanol–water partition coefficient (Wildman–Crippen LogP) is 9.03. The summed E-state index contributed by atoms with van der Waals surface area (Å²) < 4.78 is 32.4. The van der Waals surface area contributed by atoms with E-state index in [9.17, 15) is 28.9 Å². The van der Waals surface area contributed by atoms with Crippen molar-refractivity contribution in [1.82, 2.24) is 0 Å². The first kappa shape index (κ1) is 50.7. The molecule has 0 bridgehead atoms. The number of aliphatic hydroxyl groups excluding tert-OH is 1. The molecule has 12 nitrogen and oxygen atoms in total. The van der Waals surface area contributed by atoms with Gasteiger partial charge in [0.2, 0.25) is 0 Å². The molecule has 0 aliphatic heterocycles. The minimum atomic E-state index is -4.75. The summed E-state index contributed by atoms with van der Waals surface area (Å²) >= 11 is 0. The molecule has 0 heterocycles. The van der Waals surface area contributed by atoms with E-state index in [-0.39, 0.29) is 12.8 Å². The molecule has 4 atom stereocenters. The lowest BCUT2D eigenvalue weighted by atomic mass is 10.1. The minimum Gasteiger partial charge on any atom is -0.480 e. The van der Waals surface area contributed by atoms with Crippen LogP contribution in [-0.4, -0.2) is 71.1 Å². The Hall–Kier alpha value is -2.34. The Bertz CT molecular complexity index is 1070. The average Bonchev–Trinajstić information content (AvgIpc) is 3.12. The van der Waals surface area contributed by atoms with E-state index in [0.29, 0.717) is 19.3 Å². The summed E-state index contributed by atoms with van der Waals surface area (Å²) in [5.41, 5.74) is 5.31. The van der Waals surface area contributed by atoms with Crippen LogP contribution in [0.25, 0.3) is 0 Å². The van der Waals surface area contributed by atoms with Gasteiger partial charge in [0, 0.05) is 12.8 Å². The molecule has 13 heteroatoms. The number of nitrogens with two attached hydrogens (primary N) is 1. The molecule has 0 amide bonds. The highest BCUT2D eigenvalue weighted by molar-refractivity contribution is 7.47. The summed E-state index contributed by atoms with van der Waals surface area (Å²) in [4.78, 5) is 45.8. The van der Waals surface area contributed by atoms with Crippen LogP contribution in [0.4, 0.5) is 0 Å². The molecule has 0 aromatic carbocycles. The largest absolute Gasteiger partial charge is 0.480 e. The van der Waals surface area contributed by atoms with Gasteiger partial charge in [-0.05, 0) is 38.5 Å². The summed E-state index contributed by atoms with van der Waals surface area (Å²) in [6.45, 7) is 2.57. The van der Waals surface area contributed by atoms with Gasteiger partial charge in [0.15, 0.2) is 6.10 Å². The molecule has 0 aliphatic rings. The molecule has 53 heavy (non-hydrogen) atoms. The van der Waals surface area contributed by atoms with Crippen molar-refractivity contribution in [2.24, 2.45) is 5.73 Å². The number of carboxylic acid groups (broad SMARTS) is 1. The average molecular weight is 774 g/mol. The number of rotatable bonds is 37.